The van der Waals surface area contributed by atoms with Crippen LogP contribution in [0.25, 0.3) is 0 Å². The SMILES string of the molecule is Cc1ccc(NCC(=O)N/N=C/[C@H](O)[C@H](O)[C@H](O)CO)cc1. The number of hydrazone groups is 1. The maximum Gasteiger partial charge on any atom is 0.259 e. The molecule has 0 aliphatic heterocycles. The van der Waals surface area contributed by atoms with E-state index >= 15 is 0 Å². The minimum Gasteiger partial charge on any atom is -0.394 e. The highest BCUT2D eigenvalue weighted by atomic mass is 16.4. The second-order valence-electron chi connectivity index (χ2n) is 4.76. The molecule has 0 aromatic heterocycles. The van der Waals surface area contributed by atoms with Crippen LogP contribution < -0.4 is 10.7 Å². The predicted octanol–water partition coefficient (Wildman–Crippen LogP) is -1.42. The van der Waals surface area contributed by atoms with Crippen molar-refractivity contribution in [3.05, 3.63) is 29.8 Å². The molecule has 0 saturated heterocycles. The first-order valence-electron chi connectivity index (χ1n) is 6.71. The third-order valence-corrected chi connectivity index (χ3v) is 2.85. The van der Waals surface area contributed by atoms with E-state index in [4.69, 9.17) is 10.2 Å². The lowest BCUT2D eigenvalue weighted by atomic mass is 10.1. The van der Waals surface area contributed by atoms with Crippen LogP contribution in [0.5, 0.6) is 0 Å². The summed E-state index contributed by atoms with van der Waals surface area (Å²) < 4.78 is 0. The van der Waals surface area contributed by atoms with Crippen LogP contribution in [0.4, 0.5) is 5.69 Å². The van der Waals surface area contributed by atoms with Crippen molar-refractivity contribution in [1.82, 2.24) is 5.43 Å². The maximum absolute atomic E-state index is 11.5. The average Bonchev–Trinajstić information content (AvgIpc) is 2.52. The molecule has 22 heavy (non-hydrogen) atoms. The van der Waals surface area contributed by atoms with Gasteiger partial charge in [-0.1, -0.05) is 17.7 Å². The van der Waals surface area contributed by atoms with Crippen molar-refractivity contribution in [2.45, 2.75) is 25.2 Å². The van der Waals surface area contributed by atoms with E-state index in [-0.39, 0.29) is 6.54 Å². The first kappa shape index (κ1) is 18.1. The van der Waals surface area contributed by atoms with Crippen LogP contribution in [0.3, 0.4) is 0 Å². The minimum absolute atomic E-state index is 0.0156. The number of hydrogen-bond acceptors (Lipinski definition) is 7. The van der Waals surface area contributed by atoms with E-state index in [0.717, 1.165) is 17.5 Å². The van der Waals surface area contributed by atoms with Gasteiger partial charge in [-0.2, -0.15) is 5.10 Å². The zero-order valence-corrected chi connectivity index (χ0v) is 12.2. The fraction of sp³-hybridized carbons (Fsp3) is 0.429. The van der Waals surface area contributed by atoms with Crippen LogP contribution in [-0.4, -0.2) is 64.0 Å². The average molecular weight is 311 g/mol. The summed E-state index contributed by atoms with van der Waals surface area (Å²) in [5, 5.41) is 42.9. The highest BCUT2D eigenvalue weighted by Crippen LogP contribution is 2.07. The number of benzene rings is 1. The van der Waals surface area contributed by atoms with Gasteiger partial charge in [0.1, 0.15) is 18.3 Å². The largest absolute Gasteiger partial charge is 0.394 e. The van der Waals surface area contributed by atoms with Gasteiger partial charge in [0, 0.05) is 5.69 Å². The van der Waals surface area contributed by atoms with Crippen molar-refractivity contribution < 1.29 is 25.2 Å². The van der Waals surface area contributed by atoms with Gasteiger partial charge >= 0.3 is 0 Å². The third kappa shape index (κ3) is 6.19. The Morgan fingerprint density at radius 3 is 2.50 bits per heavy atom. The second-order valence-corrected chi connectivity index (χ2v) is 4.76. The number of rotatable bonds is 8. The summed E-state index contributed by atoms with van der Waals surface area (Å²) in [6.45, 7) is 1.25. The maximum atomic E-state index is 11.5. The number of anilines is 1. The summed E-state index contributed by atoms with van der Waals surface area (Å²) in [6.07, 6.45) is -3.71. The fourth-order valence-corrected chi connectivity index (χ4v) is 1.50. The molecule has 8 nitrogen and oxygen atoms in total. The smallest absolute Gasteiger partial charge is 0.259 e. The topological polar surface area (TPSA) is 134 Å². The molecule has 0 radical (unpaired) electrons. The van der Waals surface area contributed by atoms with Crippen molar-refractivity contribution in [2.24, 2.45) is 5.10 Å². The van der Waals surface area contributed by atoms with Crippen LogP contribution in [0.2, 0.25) is 0 Å². The highest BCUT2D eigenvalue weighted by molar-refractivity contribution is 5.81. The van der Waals surface area contributed by atoms with Gasteiger partial charge in [-0.25, -0.2) is 5.43 Å². The lowest BCUT2D eigenvalue weighted by molar-refractivity contribution is -0.119. The third-order valence-electron chi connectivity index (χ3n) is 2.85. The van der Waals surface area contributed by atoms with Crippen LogP contribution in [0.1, 0.15) is 5.56 Å². The fourth-order valence-electron chi connectivity index (χ4n) is 1.50. The molecule has 3 atom stereocenters. The molecular formula is C14H21N3O5. The summed E-state index contributed by atoms with van der Waals surface area (Å²) in [7, 11) is 0. The van der Waals surface area contributed by atoms with Crippen molar-refractivity contribution in [1.29, 1.82) is 0 Å². The van der Waals surface area contributed by atoms with E-state index in [1.165, 1.54) is 0 Å². The number of aliphatic hydroxyl groups is 4. The van der Waals surface area contributed by atoms with Crippen LogP contribution in [-0.2, 0) is 4.79 Å². The van der Waals surface area contributed by atoms with E-state index < -0.39 is 30.8 Å². The van der Waals surface area contributed by atoms with Gasteiger partial charge in [-0.15, -0.1) is 0 Å². The molecule has 6 N–H and O–H groups in total. The number of nitrogens with one attached hydrogen (secondary N) is 2. The monoisotopic (exact) mass is 311 g/mol. The van der Waals surface area contributed by atoms with Crippen molar-refractivity contribution >= 4 is 17.8 Å². The first-order chi connectivity index (χ1) is 10.4. The first-order valence-corrected chi connectivity index (χ1v) is 6.71. The molecule has 0 bridgehead atoms. The molecule has 1 amide bonds. The number of nitrogens with zero attached hydrogens (tertiary/aromatic N) is 1. The standard InChI is InChI=1S/C14H21N3O5/c1-9-2-4-10(5-3-9)15-7-13(21)17-16-6-11(19)14(22)12(20)8-18/h2-6,11-12,14-15,18-20,22H,7-8H2,1H3,(H,17,21)/b16-6+/t11-,12+,14-/m0/s1. The van der Waals surface area contributed by atoms with Crippen LogP contribution >= 0.6 is 0 Å². The van der Waals surface area contributed by atoms with E-state index in [0.29, 0.717) is 0 Å². The Kier molecular flexibility index (Phi) is 7.47. The second kappa shape index (κ2) is 9.11. The quantitative estimate of drug-likeness (QED) is 0.258. The van der Waals surface area contributed by atoms with Crippen LogP contribution in [0.15, 0.2) is 29.4 Å². The molecule has 0 heterocycles. The summed E-state index contributed by atoms with van der Waals surface area (Å²) in [6, 6.07) is 7.48. The predicted molar refractivity (Wildman–Crippen MR) is 81.4 cm³/mol. The summed E-state index contributed by atoms with van der Waals surface area (Å²) in [5.41, 5.74) is 4.05. The van der Waals surface area contributed by atoms with Gasteiger partial charge in [0.15, 0.2) is 0 Å². The van der Waals surface area contributed by atoms with E-state index in [1.807, 2.05) is 31.2 Å². The van der Waals surface area contributed by atoms with Gasteiger partial charge < -0.3 is 25.7 Å². The molecule has 1 aromatic carbocycles. The lowest BCUT2D eigenvalue weighted by Gasteiger charge is -2.17. The Bertz CT molecular complexity index is 492. The molecule has 0 aliphatic rings. The summed E-state index contributed by atoms with van der Waals surface area (Å²) in [4.78, 5) is 11.5. The molecule has 1 aromatic rings. The zero-order valence-electron chi connectivity index (χ0n) is 12.2. The van der Waals surface area contributed by atoms with Crippen molar-refractivity contribution in [2.75, 3.05) is 18.5 Å². The Morgan fingerprint density at radius 1 is 1.27 bits per heavy atom. The number of aliphatic hydroxyl groups excluding tert-OH is 4. The molecule has 0 aliphatic carbocycles. The van der Waals surface area contributed by atoms with Crippen LogP contribution in [0, 0.1) is 6.92 Å². The van der Waals surface area contributed by atoms with E-state index in [1.54, 1.807) is 0 Å². The van der Waals surface area contributed by atoms with E-state index in [9.17, 15) is 15.0 Å². The Hall–Kier alpha value is -2.00. The van der Waals surface area contributed by atoms with Gasteiger partial charge in [0.05, 0.1) is 19.4 Å². The molecule has 0 saturated carbocycles. The molecule has 122 valence electrons. The zero-order chi connectivity index (χ0) is 16.5. The lowest BCUT2D eigenvalue weighted by Crippen LogP contribution is -2.40. The number of aryl methyl sites for hydroxylation is 1. The van der Waals surface area contributed by atoms with Gasteiger partial charge in [-0.05, 0) is 19.1 Å². The van der Waals surface area contributed by atoms with Crippen molar-refractivity contribution in [3.8, 4) is 0 Å². The van der Waals surface area contributed by atoms with E-state index in [2.05, 4.69) is 15.8 Å². The molecule has 1 rings (SSSR count). The molecule has 8 heteroatoms. The van der Waals surface area contributed by atoms with Gasteiger partial charge in [0.2, 0.25) is 0 Å². The normalized spacial score (nSPS) is 15.3. The Labute approximate surface area is 128 Å². The Balaban J connectivity index is 2.33. The summed E-state index contributed by atoms with van der Waals surface area (Å²) in [5.74, 6) is -0.443. The summed E-state index contributed by atoms with van der Waals surface area (Å²) >= 11 is 0. The number of amides is 1. The number of hydrogen-bond donors (Lipinski definition) is 6. The van der Waals surface area contributed by atoms with Gasteiger partial charge in [0.25, 0.3) is 5.91 Å². The molecule has 0 spiro atoms. The van der Waals surface area contributed by atoms with Gasteiger partial charge in [-0.3, -0.25) is 4.79 Å². The molecule has 0 fully saturated rings. The molecular weight excluding hydrogens is 290 g/mol. The minimum atomic E-state index is -1.59. The Morgan fingerprint density at radius 2 is 1.91 bits per heavy atom. The van der Waals surface area contributed by atoms with Crippen molar-refractivity contribution in [3.63, 3.8) is 0 Å². The highest BCUT2D eigenvalue weighted by Gasteiger charge is 2.22. The number of carbonyl (C=O) groups excluding carboxylic acids is 1. The molecule has 0 unspecified atom stereocenters. The number of carbonyl (C=O) groups is 1.